The predicted octanol–water partition coefficient (Wildman–Crippen LogP) is 2.61. The summed E-state index contributed by atoms with van der Waals surface area (Å²) in [6.45, 7) is 9.01. The van der Waals surface area contributed by atoms with Gasteiger partial charge in [-0.05, 0) is 44.0 Å². The standard InChI is InChI=1S/C15H24N2O2.ClH/c1-5-19-13-8-6-12(7-9-13)14(18)17-15(4,10-16)11(2)3;/h6-9,11H,5,10,16H2,1-4H3,(H,17,18);1H. The first-order valence-electron chi connectivity index (χ1n) is 6.68. The van der Waals surface area contributed by atoms with E-state index in [1.807, 2.05) is 27.7 Å². The molecule has 1 unspecified atom stereocenters. The molecule has 1 rings (SSSR count). The second-order valence-corrected chi connectivity index (χ2v) is 5.19. The summed E-state index contributed by atoms with van der Waals surface area (Å²) in [5, 5.41) is 3.01. The number of carbonyl (C=O) groups excluding carboxylic acids is 1. The van der Waals surface area contributed by atoms with E-state index in [1.165, 1.54) is 0 Å². The maximum atomic E-state index is 12.2. The summed E-state index contributed by atoms with van der Waals surface area (Å²) in [7, 11) is 0. The molecule has 0 aliphatic carbocycles. The fourth-order valence-corrected chi connectivity index (χ4v) is 1.63. The Bertz CT molecular complexity index is 420. The molecule has 20 heavy (non-hydrogen) atoms. The topological polar surface area (TPSA) is 64.3 Å². The van der Waals surface area contributed by atoms with E-state index in [2.05, 4.69) is 5.32 Å². The van der Waals surface area contributed by atoms with Crippen molar-refractivity contribution in [3.05, 3.63) is 29.8 Å². The highest BCUT2D eigenvalue weighted by Crippen LogP contribution is 2.17. The average Bonchev–Trinajstić information content (AvgIpc) is 2.39. The van der Waals surface area contributed by atoms with Crippen molar-refractivity contribution in [1.82, 2.24) is 5.32 Å². The molecule has 0 saturated heterocycles. The molecule has 1 aromatic carbocycles. The van der Waals surface area contributed by atoms with Gasteiger partial charge >= 0.3 is 0 Å². The number of benzene rings is 1. The van der Waals surface area contributed by atoms with Crippen LogP contribution in [0.15, 0.2) is 24.3 Å². The van der Waals surface area contributed by atoms with Crippen molar-refractivity contribution in [2.75, 3.05) is 13.2 Å². The second kappa shape index (κ2) is 8.12. The lowest BCUT2D eigenvalue weighted by Gasteiger charge is -2.33. The summed E-state index contributed by atoms with van der Waals surface area (Å²) in [6, 6.07) is 7.12. The van der Waals surface area contributed by atoms with E-state index < -0.39 is 5.54 Å². The molecular formula is C15H25ClN2O2. The van der Waals surface area contributed by atoms with Crippen molar-refractivity contribution in [3.63, 3.8) is 0 Å². The summed E-state index contributed by atoms with van der Waals surface area (Å²) >= 11 is 0. The molecule has 0 aliphatic heterocycles. The Hall–Kier alpha value is -1.26. The molecule has 4 nitrogen and oxygen atoms in total. The molecule has 0 aromatic heterocycles. The zero-order valence-corrected chi connectivity index (χ0v) is 13.4. The number of hydrogen-bond donors (Lipinski definition) is 2. The highest BCUT2D eigenvalue weighted by molar-refractivity contribution is 5.94. The van der Waals surface area contributed by atoms with Crippen LogP contribution in [0.1, 0.15) is 38.1 Å². The Labute approximate surface area is 127 Å². The minimum Gasteiger partial charge on any atom is -0.494 e. The van der Waals surface area contributed by atoms with E-state index in [-0.39, 0.29) is 24.2 Å². The van der Waals surface area contributed by atoms with Crippen LogP contribution >= 0.6 is 12.4 Å². The highest BCUT2D eigenvalue weighted by atomic mass is 35.5. The Morgan fingerprint density at radius 3 is 2.30 bits per heavy atom. The molecule has 1 amide bonds. The van der Waals surface area contributed by atoms with E-state index in [4.69, 9.17) is 10.5 Å². The molecule has 3 N–H and O–H groups in total. The van der Waals surface area contributed by atoms with Gasteiger partial charge in [0.1, 0.15) is 5.75 Å². The van der Waals surface area contributed by atoms with E-state index in [0.29, 0.717) is 18.7 Å². The largest absolute Gasteiger partial charge is 0.494 e. The number of nitrogens with two attached hydrogens (primary N) is 1. The zero-order valence-electron chi connectivity index (χ0n) is 12.6. The minimum absolute atomic E-state index is 0. The van der Waals surface area contributed by atoms with Crippen molar-refractivity contribution < 1.29 is 9.53 Å². The Morgan fingerprint density at radius 1 is 1.35 bits per heavy atom. The fraction of sp³-hybridized carbons (Fsp3) is 0.533. The summed E-state index contributed by atoms with van der Waals surface area (Å²) < 4.78 is 5.35. The maximum Gasteiger partial charge on any atom is 0.251 e. The Balaban J connectivity index is 0.00000361. The number of carbonyl (C=O) groups is 1. The third kappa shape index (κ3) is 4.69. The van der Waals surface area contributed by atoms with Gasteiger partial charge in [0.25, 0.3) is 5.91 Å². The van der Waals surface area contributed by atoms with Crippen LogP contribution in [0.3, 0.4) is 0 Å². The van der Waals surface area contributed by atoms with Gasteiger partial charge < -0.3 is 15.8 Å². The van der Waals surface area contributed by atoms with Crippen molar-refractivity contribution >= 4 is 18.3 Å². The number of nitrogens with one attached hydrogen (secondary N) is 1. The fourth-order valence-electron chi connectivity index (χ4n) is 1.63. The van der Waals surface area contributed by atoms with Crippen LogP contribution in [0, 0.1) is 5.92 Å². The van der Waals surface area contributed by atoms with Gasteiger partial charge in [-0.2, -0.15) is 0 Å². The number of amides is 1. The molecule has 0 radical (unpaired) electrons. The van der Waals surface area contributed by atoms with Gasteiger partial charge in [-0.3, -0.25) is 4.79 Å². The molecule has 114 valence electrons. The molecule has 0 saturated carbocycles. The average molecular weight is 301 g/mol. The molecule has 1 atom stereocenters. The molecular weight excluding hydrogens is 276 g/mol. The molecule has 0 spiro atoms. The van der Waals surface area contributed by atoms with Crippen LogP contribution in [0.5, 0.6) is 5.75 Å². The van der Waals surface area contributed by atoms with Gasteiger partial charge in [-0.25, -0.2) is 0 Å². The Kier molecular flexibility index (Phi) is 7.61. The van der Waals surface area contributed by atoms with Gasteiger partial charge in [0, 0.05) is 12.1 Å². The third-order valence-electron chi connectivity index (χ3n) is 3.52. The quantitative estimate of drug-likeness (QED) is 0.849. The lowest BCUT2D eigenvalue weighted by molar-refractivity contribution is 0.0883. The van der Waals surface area contributed by atoms with E-state index in [9.17, 15) is 4.79 Å². The van der Waals surface area contributed by atoms with Gasteiger partial charge in [0.05, 0.1) is 12.1 Å². The second-order valence-electron chi connectivity index (χ2n) is 5.19. The van der Waals surface area contributed by atoms with Gasteiger partial charge in [-0.15, -0.1) is 12.4 Å². The number of halogens is 1. The van der Waals surface area contributed by atoms with Gasteiger partial charge in [0.15, 0.2) is 0 Å². The first kappa shape index (κ1) is 18.7. The summed E-state index contributed by atoms with van der Waals surface area (Å²) in [5.74, 6) is 0.929. The summed E-state index contributed by atoms with van der Waals surface area (Å²) in [6.07, 6.45) is 0. The number of ether oxygens (including phenoxy) is 1. The SMILES string of the molecule is CCOc1ccc(C(=O)NC(C)(CN)C(C)C)cc1.Cl. The van der Waals surface area contributed by atoms with Crippen LogP contribution in [0.25, 0.3) is 0 Å². The molecule has 0 bridgehead atoms. The summed E-state index contributed by atoms with van der Waals surface area (Å²) in [4.78, 5) is 12.2. The number of hydrogen-bond acceptors (Lipinski definition) is 3. The van der Waals surface area contributed by atoms with Crippen molar-refractivity contribution in [2.24, 2.45) is 11.7 Å². The van der Waals surface area contributed by atoms with Crippen LogP contribution < -0.4 is 15.8 Å². The molecule has 1 aromatic rings. The van der Waals surface area contributed by atoms with E-state index in [1.54, 1.807) is 24.3 Å². The zero-order chi connectivity index (χ0) is 14.5. The maximum absolute atomic E-state index is 12.2. The van der Waals surface area contributed by atoms with E-state index >= 15 is 0 Å². The van der Waals surface area contributed by atoms with Gasteiger partial charge in [-0.1, -0.05) is 13.8 Å². The minimum atomic E-state index is -0.393. The smallest absolute Gasteiger partial charge is 0.251 e. The first-order valence-corrected chi connectivity index (χ1v) is 6.68. The van der Waals surface area contributed by atoms with Crippen LogP contribution in [-0.4, -0.2) is 24.6 Å². The third-order valence-corrected chi connectivity index (χ3v) is 3.52. The summed E-state index contributed by atoms with van der Waals surface area (Å²) in [5.41, 5.74) is 5.98. The molecule has 0 fully saturated rings. The lowest BCUT2D eigenvalue weighted by Crippen LogP contribution is -2.55. The van der Waals surface area contributed by atoms with E-state index in [0.717, 1.165) is 5.75 Å². The number of rotatable bonds is 6. The van der Waals surface area contributed by atoms with Crippen molar-refractivity contribution in [2.45, 2.75) is 33.2 Å². The van der Waals surface area contributed by atoms with Crippen molar-refractivity contribution in [1.29, 1.82) is 0 Å². The van der Waals surface area contributed by atoms with Crippen LogP contribution in [0.2, 0.25) is 0 Å². The highest BCUT2D eigenvalue weighted by Gasteiger charge is 2.28. The van der Waals surface area contributed by atoms with Crippen LogP contribution in [-0.2, 0) is 0 Å². The molecule has 0 heterocycles. The van der Waals surface area contributed by atoms with Gasteiger partial charge in [0.2, 0.25) is 0 Å². The predicted molar refractivity (Wildman–Crippen MR) is 84.6 cm³/mol. The van der Waals surface area contributed by atoms with Crippen LogP contribution in [0.4, 0.5) is 0 Å². The Morgan fingerprint density at radius 2 is 1.90 bits per heavy atom. The molecule has 5 heteroatoms. The molecule has 0 aliphatic rings. The monoisotopic (exact) mass is 300 g/mol. The first-order chi connectivity index (χ1) is 8.92. The lowest BCUT2D eigenvalue weighted by atomic mass is 9.88. The van der Waals surface area contributed by atoms with Crippen molar-refractivity contribution in [3.8, 4) is 5.75 Å². The normalized spacial score (nSPS) is 13.3.